The Hall–Kier alpha value is -1.18. The van der Waals surface area contributed by atoms with Crippen molar-refractivity contribution in [1.29, 1.82) is 0 Å². The van der Waals surface area contributed by atoms with Crippen molar-refractivity contribution in [3.05, 3.63) is 0 Å². The minimum atomic E-state index is -0.635. The van der Waals surface area contributed by atoms with Crippen LogP contribution in [0.1, 0.15) is 79.1 Å². The highest BCUT2D eigenvalue weighted by Gasteiger charge is 2.55. The third-order valence-corrected chi connectivity index (χ3v) is 8.41. The minimum Gasteiger partial charge on any atom is -0.465 e. The van der Waals surface area contributed by atoms with Crippen LogP contribution in [0.5, 0.6) is 0 Å². The van der Waals surface area contributed by atoms with E-state index in [2.05, 4.69) is 27.7 Å². The van der Waals surface area contributed by atoms with Gasteiger partial charge in [0, 0.05) is 0 Å². The van der Waals surface area contributed by atoms with Crippen LogP contribution in [-0.2, 0) is 28.5 Å². The van der Waals surface area contributed by atoms with E-state index in [-0.39, 0.29) is 35.5 Å². The summed E-state index contributed by atoms with van der Waals surface area (Å²) in [5.74, 6) is -1.35. The van der Waals surface area contributed by atoms with Crippen molar-refractivity contribution < 1.29 is 33.6 Å². The van der Waals surface area contributed by atoms with E-state index in [0.29, 0.717) is 44.2 Å². The Labute approximate surface area is 191 Å². The number of hydrogen-bond acceptors (Lipinski definition) is 7. The number of ether oxygens (including phenoxy) is 4. The zero-order chi connectivity index (χ0) is 23.1. The van der Waals surface area contributed by atoms with Gasteiger partial charge in [-0.2, -0.15) is 0 Å². The molecule has 4 rings (SSSR count). The summed E-state index contributed by atoms with van der Waals surface area (Å²) in [7, 11) is 0. The fourth-order valence-corrected chi connectivity index (χ4v) is 5.45. The number of epoxide rings is 2. The maximum atomic E-state index is 12.8. The maximum absolute atomic E-state index is 12.8. The van der Waals surface area contributed by atoms with Crippen molar-refractivity contribution in [3.63, 3.8) is 0 Å². The second-order valence-electron chi connectivity index (χ2n) is 11.2. The Balaban J connectivity index is 1.22. The Bertz CT molecular complexity index is 710. The molecule has 0 aromatic carbocycles. The lowest BCUT2D eigenvalue weighted by molar-refractivity contribution is -0.166. The number of carbonyl (C=O) groups is 2. The maximum Gasteiger partial charge on any atom is 0.309 e. The molecule has 2 aliphatic carbocycles. The Kier molecular flexibility index (Phi) is 6.91. The molecule has 0 spiro atoms. The van der Waals surface area contributed by atoms with Gasteiger partial charge >= 0.3 is 11.9 Å². The van der Waals surface area contributed by atoms with E-state index in [4.69, 9.17) is 18.9 Å². The van der Waals surface area contributed by atoms with E-state index < -0.39 is 17.9 Å². The number of aliphatic hydroxyl groups is 1. The summed E-state index contributed by atoms with van der Waals surface area (Å²) in [6.07, 6.45) is 6.02. The number of hydrogen-bond donors (Lipinski definition) is 1. The molecule has 9 unspecified atom stereocenters. The summed E-state index contributed by atoms with van der Waals surface area (Å²) in [6.45, 7) is 9.09. The minimum absolute atomic E-state index is 0.0385. The van der Waals surface area contributed by atoms with Crippen LogP contribution in [-0.4, -0.2) is 59.8 Å². The van der Waals surface area contributed by atoms with Gasteiger partial charge in [-0.25, -0.2) is 0 Å². The van der Waals surface area contributed by atoms with Crippen LogP contribution >= 0.6 is 0 Å². The Morgan fingerprint density at radius 1 is 1.06 bits per heavy atom. The summed E-state index contributed by atoms with van der Waals surface area (Å²) >= 11 is 0. The lowest BCUT2D eigenvalue weighted by atomic mass is 9.77. The largest absolute Gasteiger partial charge is 0.465 e. The van der Waals surface area contributed by atoms with Gasteiger partial charge in [0.25, 0.3) is 0 Å². The first-order valence-electron chi connectivity index (χ1n) is 12.5. The average molecular weight is 453 g/mol. The molecule has 2 saturated carbocycles. The third kappa shape index (κ3) is 5.48. The lowest BCUT2D eigenvalue weighted by Gasteiger charge is -2.32. The molecular weight excluding hydrogens is 412 g/mol. The quantitative estimate of drug-likeness (QED) is 0.423. The number of carbonyl (C=O) groups excluding carboxylic acids is 2. The molecule has 0 radical (unpaired) electrons. The molecule has 7 nitrogen and oxygen atoms in total. The van der Waals surface area contributed by atoms with Gasteiger partial charge in [-0.05, 0) is 84.0 Å². The van der Waals surface area contributed by atoms with E-state index in [1.807, 2.05) is 0 Å². The molecule has 0 amide bonds. The number of aliphatic hydroxyl groups excluding tert-OH is 1. The van der Waals surface area contributed by atoms with Crippen LogP contribution in [0.15, 0.2) is 0 Å². The highest BCUT2D eigenvalue weighted by atomic mass is 16.6. The van der Waals surface area contributed by atoms with Crippen LogP contribution in [0.25, 0.3) is 0 Å². The van der Waals surface area contributed by atoms with Crippen molar-refractivity contribution in [2.24, 2.45) is 23.7 Å². The molecule has 2 aliphatic heterocycles. The predicted octanol–water partition coefficient (Wildman–Crippen LogP) is 3.40. The Morgan fingerprint density at radius 2 is 1.78 bits per heavy atom. The van der Waals surface area contributed by atoms with Gasteiger partial charge < -0.3 is 24.1 Å². The number of rotatable bonds is 9. The molecule has 4 aliphatic rings. The summed E-state index contributed by atoms with van der Waals surface area (Å²) < 4.78 is 22.6. The van der Waals surface area contributed by atoms with E-state index in [1.54, 1.807) is 0 Å². The Morgan fingerprint density at radius 3 is 2.47 bits per heavy atom. The van der Waals surface area contributed by atoms with E-state index in [1.165, 1.54) is 0 Å². The van der Waals surface area contributed by atoms with Crippen molar-refractivity contribution >= 4 is 11.9 Å². The first kappa shape index (κ1) is 24.0. The van der Waals surface area contributed by atoms with Crippen molar-refractivity contribution in [3.8, 4) is 0 Å². The van der Waals surface area contributed by atoms with Crippen LogP contribution < -0.4 is 0 Å². The van der Waals surface area contributed by atoms with Gasteiger partial charge in [-0.3, -0.25) is 9.59 Å². The second kappa shape index (κ2) is 9.22. The van der Waals surface area contributed by atoms with Gasteiger partial charge in [0.2, 0.25) is 0 Å². The molecule has 0 aromatic heterocycles. The molecule has 7 heteroatoms. The summed E-state index contributed by atoms with van der Waals surface area (Å²) in [5, 5.41) is 10.1. The molecule has 0 aromatic rings. The van der Waals surface area contributed by atoms with Crippen LogP contribution in [0.2, 0.25) is 0 Å². The molecule has 0 bridgehead atoms. The highest BCUT2D eigenvalue weighted by molar-refractivity contribution is 5.82. The van der Waals surface area contributed by atoms with Crippen LogP contribution in [0, 0.1) is 23.7 Å². The van der Waals surface area contributed by atoms with Gasteiger partial charge in [0.15, 0.2) is 0 Å². The fourth-order valence-electron chi connectivity index (χ4n) is 5.45. The average Bonchev–Trinajstić information content (AvgIpc) is 3.61. The van der Waals surface area contributed by atoms with Crippen molar-refractivity contribution in [2.75, 3.05) is 13.2 Å². The summed E-state index contributed by atoms with van der Waals surface area (Å²) in [5.41, 5.74) is 0.0108. The lowest BCUT2D eigenvalue weighted by Crippen LogP contribution is -2.40. The monoisotopic (exact) mass is 452 g/mol. The normalized spacial score (nSPS) is 43.7. The first-order chi connectivity index (χ1) is 15.1. The molecule has 2 saturated heterocycles. The molecule has 4 fully saturated rings. The number of esters is 2. The topological polar surface area (TPSA) is 97.9 Å². The smallest absolute Gasteiger partial charge is 0.309 e. The van der Waals surface area contributed by atoms with E-state index >= 15 is 0 Å². The van der Waals surface area contributed by atoms with E-state index in [9.17, 15) is 14.7 Å². The van der Waals surface area contributed by atoms with Crippen LogP contribution in [0.3, 0.4) is 0 Å². The predicted molar refractivity (Wildman–Crippen MR) is 117 cm³/mol. The SMILES string of the molecule is CC(CCC1(C)OC1C)COC(=O)C1CC(O)CCC1C(=O)OCC1CCC2(C)OC2C1. The van der Waals surface area contributed by atoms with Gasteiger partial charge in [0.05, 0.1) is 54.6 Å². The molecule has 2 heterocycles. The number of fused-ring (bicyclic) bond motifs is 1. The summed E-state index contributed by atoms with van der Waals surface area (Å²) in [6, 6.07) is 0. The molecule has 1 N–H and O–H groups in total. The van der Waals surface area contributed by atoms with Gasteiger partial charge in [0.1, 0.15) is 0 Å². The van der Waals surface area contributed by atoms with E-state index in [0.717, 1.165) is 32.1 Å². The van der Waals surface area contributed by atoms with Gasteiger partial charge in [-0.1, -0.05) is 6.92 Å². The second-order valence-corrected chi connectivity index (χ2v) is 11.2. The molecule has 9 atom stereocenters. The zero-order valence-corrected chi connectivity index (χ0v) is 20.0. The molecule has 32 heavy (non-hydrogen) atoms. The fraction of sp³-hybridized carbons (Fsp3) is 0.920. The first-order valence-corrected chi connectivity index (χ1v) is 12.5. The zero-order valence-electron chi connectivity index (χ0n) is 20.0. The van der Waals surface area contributed by atoms with Crippen molar-refractivity contribution in [1.82, 2.24) is 0 Å². The van der Waals surface area contributed by atoms with Gasteiger partial charge in [-0.15, -0.1) is 0 Å². The molecule has 182 valence electrons. The standard InChI is InChI=1S/C25H40O7/c1-15(7-9-24(3)16(2)31-24)13-29-23(28)20-12-18(26)5-6-19(20)22(27)30-14-17-8-10-25(4)21(11-17)32-25/h15-21,26H,5-14H2,1-4H3. The van der Waals surface area contributed by atoms with Crippen molar-refractivity contribution in [2.45, 2.75) is 109 Å². The van der Waals surface area contributed by atoms with Crippen LogP contribution in [0.4, 0.5) is 0 Å². The highest BCUT2D eigenvalue weighted by Crippen LogP contribution is 2.49. The summed E-state index contributed by atoms with van der Waals surface area (Å²) in [4.78, 5) is 25.7. The third-order valence-electron chi connectivity index (χ3n) is 8.41. The molecular formula is C25H40O7.